The van der Waals surface area contributed by atoms with E-state index in [4.69, 9.17) is 5.11 Å². The third-order valence-corrected chi connectivity index (χ3v) is 2.52. The number of hydrogen-bond acceptors (Lipinski definition) is 3. The predicted octanol–water partition coefficient (Wildman–Crippen LogP) is 0.852. The predicted molar refractivity (Wildman–Crippen MR) is 63.6 cm³/mol. The van der Waals surface area contributed by atoms with Gasteiger partial charge in [0.05, 0.1) is 6.73 Å². The Morgan fingerprint density at radius 1 is 1.00 bits per heavy atom. The molecule has 1 aliphatic rings. The lowest BCUT2D eigenvalue weighted by atomic mass is 10.3. The fourth-order valence-electron chi connectivity index (χ4n) is 1.54. The zero-order valence-electron chi connectivity index (χ0n) is 9.18. The van der Waals surface area contributed by atoms with Crippen LogP contribution in [0.5, 0.6) is 0 Å². The standard InChI is InChI=1S/C12H20N2O/c1-2-3-4-5-6-7-13-8-10-14(12-15)11-9-13/h2-6,15H,1,7-12H2/b4-3-,6-5+. The summed E-state index contributed by atoms with van der Waals surface area (Å²) in [6.07, 6.45) is 9.86. The largest absolute Gasteiger partial charge is 0.381 e. The Balaban J connectivity index is 2.15. The van der Waals surface area contributed by atoms with Gasteiger partial charge in [0, 0.05) is 32.7 Å². The number of nitrogens with zero attached hydrogens (tertiary/aromatic N) is 2. The summed E-state index contributed by atoms with van der Waals surface area (Å²) in [5.74, 6) is 0. The van der Waals surface area contributed by atoms with Crippen molar-refractivity contribution in [1.82, 2.24) is 9.80 Å². The lowest BCUT2D eigenvalue weighted by Gasteiger charge is -2.32. The lowest BCUT2D eigenvalue weighted by molar-refractivity contribution is 0.0584. The number of aliphatic hydroxyl groups excluding tert-OH is 1. The zero-order chi connectivity index (χ0) is 10.9. The summed E-state index contributed by atoms with van der Waals surface area (Å²) in [6, 6.07) is 0. The van der Waals surface area contributed by atoms with Gasteiger partial charge in [-0.1, -0.05) is 37.0 Å². The van der Waals surface area contributed by atoms with Gasteiger partial charge in [-0.15, -0.1) is 0 Å². The fraction of sp³-hybridized carbons (Fsp3) is 0.500. The summed E-state index contributed by atoms with van der Waals surface area (Å²) in [5.41, 5.74) is 0. The van der Waals surface area contributed by atoms with Crippen LogP contribution in [0, 0.1) is 0 Å². The molecular weight excluding hydrogens is 188 g/mol. The minimum atomic E-state index is 0.186. The first-order valence-corrected chi connectivity index (χ1v) is 5.36. The molecule has 1 saturated heterocycles. The molecule has 1 heterocycles. The van der Waals surface area contributed by atoms with Gasteiger partial charge in [-0.3, -0.25) is 9.80 Å². The topological polar surface area (TPSA) is 26.7 Å². The van der Waals surface area contributed by atoms with E-state index in [2.05, 4.69) is 22.5 Å². The third kappa shape index (κ3) is 4.93. The van der Waals surface area contributed by atoms with Gasteiger partial charge in [0.15, 0.2) is 0 Å². The van der Waals surface area contributed by atoms with Gasteiger partial charge < -0.3 is 5.11 Å². The highest BCUT2D eigenvalue weighted by Gasteiger charge is 2.13. The Labute approximate surface area is 92.0 Å². The van der Waals surface area contributed by atoms with Crippen molar-refractivity contribution in [2.45, 2.75) is 0 Å². The molecule has 1 fully saturated rings. The van der Waals surface area contributed by atoms with Crippen LogP contribution in [0.3, 0.4) is 0 Å². The Morgan fingerprint density at radius 2 is 1.67 bits per heavy atom. The third-order valence-electron chi connectivity index (χ3n) is 2.52. The molecule has 0 bridgehead atoms. The fourth-order valence-corrected chi connectivity index (χ4v) is 1.54. The summed E-state index contributed by atoms with van der Waals surface area (Å²) < 4.78 is 0. The summed E-state index contributed by atoms with van der Waals surface area (Å²) in [5, 5.41) is 8.93. The van der Waals surface area contributed by atoms with Crippen molar-refractivity contribution in [2.75, 3.05) is 39.5 Å². The smallest absolute Gasteiger partial charge is 0.0957 e. The van der Waals surface area contributed by atoms with Gasteiger partial charge in [-0.25, -0.2) is 0 Å². The minimum absolute atomic E-state index is 0.186. The first kappa shape index (κ1) is 12.2. The van der Waals surface area contributed by atoms with E-state index in [1.165, 1.54) is 0 Å². The molecule has 0 unspecified atom stereocenters. The van der Waals surface area contributed by atoms with E-state index in [1.807, 2.05) is 18.2 Å². The monoisotopic (exact) mass is 208 g/mol. The van der Waals surface area contributed by atoms with Crippen molar-refractivity contribution in [3.63, 3.8) is 0 Å². The molecule has 0 spiro atoms. The Morgan fingerprint density at radius 3 is 2.27 bits per heavy atom. The van der Waals surface area contributed by atoms with E-state index >= 15 is 0 Å². The highest BCUT2D eigenvalue weighted by atomic mass is 16.3. The molecule has 1 rings (SSSR count). The van der Waals surface area contributed by atoms with Crippen LogP contribution in [0.15, 0.2) is 37.0 Å². The average Bonchev–Trinajstić information content (AvgIpc) is 2.30. The second-order valence-electron chi connectivity index (χ2n) is 3.61. The molecule has 0 radical (unpaired) electrons. The Bertz CT molecular complexity index is 228. The molecule has 1 N–H and O–H groups in total. The van der Waals surface area contributed by atoms with E-state index in [9.17, 15) is 0 Å². The van der Waals surface area contributed by atoms with Gasteiger partial charge in [-0.05, 0) is 0 Å². The molecule has 0 aromatic heterocycles. The maximum Gasteiger partial charge on any atom is 0.0957 e. The molecule has 0 aromatic rings. The van der Waals surface area contributed by atoms with E-state index in [0.717, 1.165) is 32.7 Å². The molecule has 15 heavy (non-hydrogen) atoms. The maximum absolute atomic E-state index is 8.93. The highest BCUT2D eigenvalue weighted by Crippen LogP contribution is 2.00. The van der Waals surface area contributed by atoms with Crippen LogP contribution >= 0.6 is 0 Å². The van der Waals surface area contributed by atoms with Crippen molar-refractivity contribution >= 4 is 0 Å². The van der Waals surface area contributed by atoms with Crippen molar-refractivity contribution in [2.24, 2.45) is 0 Å². The van der Waals surface area contributed by atoms with Gasteiger partial charge >= 0.3 is 0 Å². The number of rotatable bonds is 5. The van der Waals surface area contributed by atoms with Gasteiger partial charge in [0.1, 0.15) is 0 Å². The van der Waals surface area contributed by atoms with E-state index in [-0.39, 0.29) is 6.73 Å². The van der Waals surface area contributed by atoms with Gasteiger partial charge in [0.2, 0.25) is 0 Å². The summed E-state index contributed by atoms with van der Waals surface area (Å²) in [6.45, 7) is 8.78. The first-order chi connectivity index (χ1) is 7.36. The summed E-state index contributed by atoms with van der Waals surface area (Å²) >= 11 is 0. The van der Waals surface area contributed by atoms with E-state index < -0.39 is 0 Å². The Hall–Kier alpha value is -0.900. The summed E-state index contributed by atoms with van der Waals surface area (Å²) in [4.78, 5) is 4.43. The minimum Gasteiger partial charge on any atom is -0.381 e. The van der Waals surface area contributed by atoms with Crippen molar-refractivity contribution < 1.29 is 5.11 Å². The van der Waals surface area contributed by atoms with E-state index in [1.54, 1.807) is 6.08 Å². The number of hydrogen-bond donors (Lipinski definition) is 1. The maximum atomic E-state index is 8.93. The van der Waals surface area contributed by atoms with Crippen LogP contribution in [-0.4, -0.2) is 54.4 Å². The number of piperazine rings is 1. The van der Waals surface area contributed by atoms with Crippen molar-refractivity contribution in [3.05, 3.63) is 37.0 Å². The molecule has 3 nitrogen and oxygen atoms in total. The molecular formula is C12H20N2O. The number of allylic oxidation sites excluding steroid dienone is 4. The highest BCUT2D eigenvalue weighted by molar-refractivity contribution is 5.09. The van der Waals surface area contributed by atoms with Crippen LogP contribution in [0.4, 0.5) is 0 Å². The lowest BCUT2D eigenvalue weighted by Crippen LogP contribution is -2.46. The van der Waals surface area contributed by atoms with Crippen LogP contribution in [0.2, 0.25) is 0 Å². The second-order valence-corrected chi connectivity index (χ2v) is 3.61. The zero-order valence-corrected chi connectivity index (χ0v) is 9.18. The van der Waals surface area contributed by atoms with Crippen LogP contribution in [-0.2, 0) is 0 Å². The SMILES string of the molecule is C=C/C=C\C=C\CN1CCN(CO)CC1. The van der Waals surface area contributed by atoms with Crippen LogP contribution in [0.25, 0.3) is 0 Å². The van der Waals surface area contributed by atoms with Gasteiger partial charge in [-0.2, -0.15) is 0 Å². The van der Waals surface area contributed by atoms with Crippen LogP contribution < -0.4 is 0 Å². The first-order valence-electron chi connectivity index (χ1n) is 5.36. The average molecular weight is 208 g/mol. The van der Waals surface area contributed by atoms with Crippen molar-refractivity contribution in [1.29, 1.82) is 0 Å². The summed E-state index contributed by atoms with van der Waals surface area (Å²) in [7, 11) is 0. The Kier molecular flexibility index (Phi) is 6.00. The molecule has 0 amide bonds. The molecule has 0 atom stereocenters. The quantitative estimate of drug-likeness (QED) is 0.679. The molecule has 0 aromatic carbocycles. The second kappa shape index (κ2) is 7.40. The van der Waals surface area contributed by atoms with Crippen LogP contribution in [0.1, 0.15) is 0 Å². The molecule has 1 aliphatic heterocycles. The van der Waals surface area contributed by atoms with Crippen molar-refractivity contribution in [3.8, 4) is 0 Å². The molecule has 0 saturated carbocycles. The molecule has 84 valence electrons. The molecule has 3 heteroatoms. The molecule has 0 aliphatic carbocycles. The normalized spacial score (nSPS) is 20.3. The number of aliphatic hydroxyl groups is 1. The van der Waals surface area contributed by atoms with Gasteiger partial charge in [0.25, 0.3) is 0 Å². The van der Waals surface area contributed by atoms with E-state index in [0.29, 0.717) is 0 Å².